The molecule has 0 aliphatic carbocycles. The maximum absolute atomic E-state index is 13.7. The highest BCUT2D eigenvalue weighted by Crippen LogP contribution is 2.20. The van der Waals surface area contributed by atoms with Crippen molar-refractivity contribution in [3.05, 3.63) is 77.2 Å². The number of hydrogen-bond donors (Lipinski definition) is 2. The highest BCUT2D eigenvalue weighted by atomic mass is 19.1. The minimum absolute atomic E-state index is 0.0469. The molecule has 0 radical (unpaired) electrons. The Hall–Kier alpha value is -3.35. The quantitative estimate of drug-likeness (QED) is 0.730. The number of nitrogens with one attached hydrogen (secondary N) is 2. The van der Waals surface area contributed by atoms with E-state index < -0.39 is 17.5 Å². The lowest BCUT2D eigenvalue weighted by Gasteiger charge is -2.09. The molecule has 0 saturated heterocycles. The lowest BCUT2D eigenvalue weighted by atomic mass is 10.1. The Morgan fingerprint density at radius 2 is 1.77 bits per heavy atom. The van der Waals surface area contributed by atoms with Crippen molar-refractivity contribution in [3.63, 3.8) is 0 Å². The molecule has 0 spiro atoms. The first-order chi connectivity index (χ1) is 12.4. The lowest BCUT2D eigenvalue weighted by molar-refractivity contribution is 0.102. The number of carbonyl (C=O) groups is 1. The van der Waals surface area contributed by atoms with E-state index in [2.05, 4.69) is 20.6 Å². The SMILES string of the molecule is Cc1ccc(NC(=O)c2cc(Nc3ccc(F)cc3F)ncn2)cc1C. The summed E-state index contributed by atoms with van der Waals surface area (Å²) in [5.74, 6) is -1.64. The van der Waals surface area contributed by atoms with Gasteiger partial charge in [-0.1, -0.05) is 6.07 Å². The zero-order valence-corrected chi connectivity index (χ0v) is 14.2. The zero-order chi connectivity index (χ0) is 18.7. The molecule has 0 unspecified atom stereocenters. The number of aryl methyl sites for hydroxylation is 2. The Kier molecular flexibility index (Phi) is 4.88. The van der Waals surface area contributed by atoms with Gasteiger partial charge in [0, 0.05) is 17.8 Å². The van der Waals surface area contributed by atoms with Crippen LogP contribution >= 0.6 is 0 Å². The molecule has 0 aliphatic rings. The van der Waals surface area contributed by atoms with E-state index in [0.29, 0.717) is 5.69 Å². The maximum atomic E-state index is 13.7. The van der Waals surface area contributed by atoms with Crippen LogP contribution in [0.4, 0.5) is 26.0 Å². The Bertz CT molecular complexity index is 976. The Labute approximate surface area is 149 Å². The summed E-state index contributed by atoms with van der Waals surface area (Å²) in [7, 11) is 0. The van der Waals surface area contributed by atoms with Crippen LogP contribution in [0.15, 0.2) is 48.8 Å². The van der Waals surface area contributed by atoms with E-state index in [9.17, 15) is 13.6 Å². The van der Waals surface area contributed by atoms with E-state index in [-0.39, 0.29) is 17.2 Å². The number of amides is 1. The van der Waals surface area contributed by atoms with Crippen LogP contribution in [0, 0.1) is 25.5 Å². The standard InChI is InChI=1S/C19H16F2N4O/c1-11-3-5-14(7-12(11)2)24-19(26)17-9-18(23-10-22-17)25-16-6-4-13(20)8-15(16)21/h3-10H,1-2H3,(H,24,26)(H,22,23,25). The second-order valence-electron chi connectivity index (χ2n) is 5.79. The number of halogens is 2. The number of aromatic nitrogens is 2. The molecule has 0 bridgehead atoms. The molecule has 1 amide bonds. The van der Waals surface area contributed by atoms with Crippen LogP contribution in [0.2, 0.25) is 0 Å². The van der Waals surface area contributed by atoms with Gasteiger partial charge in [0.15, 0.2) is 0 Å². The number of nitrogens with zero attached hydrogens (tertiary/aromatic N) is 2. The third kappa shape index (κ3) is 4.00. The number of anilines is 3. The monoisotopic (exact) mass is 354 g/mol. The predicted octanol–water partition coefficient (Wildman–Crippen LogP) is 4.37. The first-order valence-electron chi connectivity index (χ1n) is 7.85. The second kappa shape index (κ2) is 7.26. The number of carbonyl (C=O) groups excluding carboxylic acids is 1. The van der Waals surface area contributed by atoms with Gasteiger partial charge in [-0.2, -0.15) is 0 Å². The summed E-state index contributed by atoms with van der Waals surface area (Å²) in [6.45, 7) is 3.94. The first kappa shape index (κ1) is 17.5. The zero-order valence-electron chi connectivity index (χ0n) is 14.2. The van der Waals surface area contributed by atoms with Gasteiger partial charge >= 0.3 is 0 Å². The summed E-state index contributed by atoms with van der Waals surface area (Å²) in [6.07, 6.45) is 1.19. The molecule has 0 fully saturated rings. The lowest BCUT2D eigenvalue weighted by Crippen LogP contribution is -2.14. The van der Waals surface area contributed by atoms with Crippen LogP contribution in [-0.2, 0) is 0 Å². The van der Waals surface area contributed by atoms with Crippen molar-refractivity contribution in [1.29, 1.82) is 0 Å². The fourth-order valence-corrected chi connectivity index (χ4v) is 2.29. The van der Waals surface area contributed by atoms with Gasteiger partial charge < -0.3 is 10.6 Å². The van der Waals surface area contributed by atoms with E-state index in [1.807, 2.05) is 26.0 Å². The van der Waals surface area contributed by atoms with Gasteiger partial charge in [0.2, 0.25) is 0 Å². The fraction of sp³-hybridized carbons (Fsp3) is 0.105. The topological polar surface area (TPSA) is 66.9 Å². The summed E-state index contributed by atoms with van der Waals surface area (Å²) in [4.78, 5) is 20.3. The molecule has 1 aromatic heterocycles. The smallest absolute Gasteiger partial charge is 0.274 e. The molecule has 5 nitrogen and oxygen atoms in total. The van der Waals surface area contributed by atoms with Crippen molar-refractivity contribution in [2.75, 3.05) is 10.6 Å². The molecule has 0 saturated carbocycles. The average molecular weight is 354 g/mol. The van der Waals surface area contributed by atoms with Crippen LogP contribution in [0.25, 0.3) is 0 Å². The van der Waals surface area contributed by atoms with Crippen molar-refractivity contribution >= 4 is 23.1 Å². The maximum Gasteiger partial charge on any atom is 0.274 e. The van der Waals surface area contributed by atoms with Gasteiger partial charge in [0.1, 0.15) is 29.5 Å². The van der Waals surface area contributed by atoms with E-state index in [0.717, 1.165) is 23.3 Å². The largest absolute Gasteiger partial charge is 0.338 e. The number of hydrogen-bond acceptors (Lipinski definition) is 4. The molecule has 3 rings (SSSR count). The Balaban J connectivity index is 1.77. The summed E-state index contributed by atoms with van der Waals surface area (Å²) in [5.41, 5.74) is 2.99. The summed E-state index contributed by atoms with van der Waals surface area (Å²) >= 11 is 0. The minimum Gasteiger partial charge on any atom is -0.338 e. The van der Waals surface area contributed by atoms with Crippen LogP contribution in [0.3, 0.4) is 0 Å². The van der Waals surface area contributed by atoms with Crippen LogP contribution in [-0.4, -0.2) is 15.9 Å². The third-order valence-electron chi connectivity index (χ3n) is 3.86. The van der Waals surface area contributed by atoms with Crippen LogP contribution in [0.5, 0.6) is 0 Å². The molecular formula is C19H16F2N4O. The molecule has 0 atom stereocenters. The van der Waals surface area contributed by atoms with Gasteiger partial charge in [-0.05, 0) is 49.2 Å². The molecule has 132 valence electrons. The number of benzene rings is 2. The van der Waals surface area contributed by atoms with Crippen molar-refractivity contribution in [2.24, 2.45) is 0 Å². The van der Waals surface area contributed by atoms with E-state index in [1.54, 1.807) is 6.07 Å². The number of rotatable bonds is 4. The van der Waals surface area contributed by atoms with Crippen molar-refractivity contribution in [2.45, 2.75) is 13.8 Å². The van der Waals surface area contributed by atoms with Crippen LogP contribution in [0.1, 0.15) is 21.6 Å². The van der Waals surface area contributed by atoms with Crippen LogP contribution < -0.4 is 10.6 Å². The van der Waals surface area contributed by atoms with Crippen molar-refractivity contribution in [3.8, 4) is 0 Å². The molecule has 0 aliphatic heterocycles. The molecule has 2 aromatic carbocycles. The second-order valence-corrected chi connectivity index (χ2v) is 5.79. The van der Waals surface area contributed by atoms with Crippen molar-refractivity contribution < 1.29 is 13.6 Å². The molecule has 3 aromatic rings. The minimum atomic E-state index is -0.759. The Morgan fingerprint density at radius 3 is 2.50 bits per heavy atom. The summed E-state index contributed by atoms with van der Waals surface area (Å²) in [6, 6.07) is 10.1. The van der Waals surface area contributed by atoms with E-state index >= 15 is 0 Å². The summed E-state index contributed by atoms with van der Waals surface area (Å²) < 4.78 is 26.7. The molecular weight excluding hydrogens is 338 g/mol. The van der Waals surface area contributed by atoms with Gasteiger partial charge in [-0.3, -0.25) is 4.79 Å². The van der Waals surface area contributed by atoms with Gasteiger partial charge in [0.05, 0.1) is 5.69 Å². The highest BCUT2D eigenvalue weighted by molar-refractivity contribution is 6.03. The molecule has 1 heterocycles. The van der Waals surface area contributed by atoms with Gasteiger partial charge in [0.25, 0.3) is 5.91 Å². The average Bonchev–Trinajstić information content (AvgIpc) is 2.61. The molecule has 7 heteroatoms. The van der Waals surface area contributed by atoms with E-state index in [1.165, 1.54) is 18.5 Å². The normalized spacial score (nSPS) is 10.5. The predicted molar refractivity (Wildman–Crippen MR) is 95.5 cm³/mol. The Morgan fingerprint density at radius 1 is 0.962 bits per heavy atom. The molecule has 26 heavy (non-hydrogen) atoms. The van der Waals surface area contributed by atoms with Gasteiger partial charge in [-0.25, -0.2) is 18.7 Å². The van der Waals surface area contributed by atoms with Gasteiger partial charge in [-0.15, -0.1) is 0 Å². The highest BCUT2D eigenvalue weighted by Gasteiger charge is 2.11. The first-order valence-corrected chi connectivity index (χ1v) is 7.85. The van der Waals surface area contributed by atoms with E-state index in [4.69, 9.17) is 0 Å². The molecule has 2 N–H and O–H groups in total. The van der Waals surface area contributed by atoms with Crippen molar-refractivity contribution in [1.82, 2.24) is 9.97 Å². The summed E-state index contributed by atoms with van der Waals surface area (Å²) in [5, 5.41) is 5.46. The third-order valence-corrected chi connectivity index (χ3v) is 3.86. The fourth-order valence-electron chi connectivity index (χ4n) is 2.29.